The molecule has 2 aliphatic heterocycles. The fraction of sp³-hybridized carbons (Fsp3) is 0.207. The van der Waals surface area contributed by atoms with Crippen LogP contribution >= 0.6 is 0 Å². The number of hydrogen-bond acceptors (Lipinski definition) is 4. The van der Waals surface area contributed by atoms with Crippen molar-refractivity contribution in [3.63, 3.8) is 0 Å². The molecule has 1 atom stereocenters. The van der Waals surface area contributed by atoms with Crippen LogP contribution in [0.25, 0.3) is 21.9 Å². The lowest BCUT2D eigenvalue weighted by atomic mass is 9.77. The number of ether oxygens (including phenoxy) is 2. The highest BCUT2D eigenvalue weighted by atomic mass is 16.5. The van der Waals surface area contributed by atoms with Crippen molar-refractivity contribution in [2.45, 2.75) is 25.0 Å². The summed E-state index contributed by atoms with van der Waals surface area (Å²) in [4.78, 5) is 7.31. The van der Waals surface area contributed by atoms with Gasteiger partial charge in [-0.15, -0.1) is 0 Å². The number of hydrogen-bond donors (Lipinski definition) is 0. The van der Waals surface area contributed by atoms with Gasteiger partial charge in [-0.1, -0.05) is 54.6 Å². The molecule has 2 aliphatic rings. The zero-order valence-electron chi connectivity index (χ0n) is 19.3. The van der Waals surface area contributed by atoms with Gasteiger partial charge in [-0.05, 0) is 54.6 Å². The van der Waals surface area contributed by atoms with E-state index in [0.717, 1.165) is 39.1 Å². The molecule has 0 saturated carbocycles. The van der Waals surface area contributed by atoms with Crippen LogP contribution in [0.15, 0.2) is 83.9 Å². The SMILES string of the molecule is COc1ccc(-c2cc3ccccc3c3c2OC2(C=N3)N(C)c3ccccc3C2(C)C)cc1. The Bertz CT molecular complexity index is 1420. The maximum atomic E-state index is 7.09. The molecule has 0 fully saturated rings. The second kappa shape index (κ2) is 6.85. The van der Waals surface area contributed by atoms with Crippen LogP contribution in [0.3, 0.4) is 0 Å². The first kappa shape index (κ1) is 19.9. The third-order valence-corrected chi connectivity index (χ3v) is 7.34. The number of aliphatic imine (C=N–C) groups is 1. The molecule has 0 aliphatic carbocycles. The summed E-state index contributed by atoms with van der Waals surface area (Å²) in [6.45, 7) is 4.47. The molecular formula is C29H26N2O2. The Morgan fingerprint density at radius 1 is 0.909 bits per heavy atom. The monoisotopic (exact) mass is 434 g/mol. The predicted octanol–water partition coefficient (Wildman–Crippen LogP) is 6.73. The Kier molecular flexibility index (Phi) is 4.12. The van der Waals surface area contributed by atoms with Gasteiger partial charge in [0.25, 0.3) is 0 Å². The maximum absolute atomic E-state index is 7.09. The number of fused-ring (bicyclic) bond motifs is 4. The Hall–Kier alpha value is -3.79. The van der Waals surface area contributed by atoms with Crippen molar-refractivity contribution in [3.8, 4) is 22.6 Å². The first-order chi connectivity index (χ1) is 16.0. The number of rotatable bonds is 2. The largest absolute Gasteiger partial charge is 0.497 e. The molecule has 33 heavy (non-hydrogen) atoms. The summed E-state index contributed by atoms with van der Waals surface area (Å²) in [5, 5.41) is 2.23. The molecule has 1 spiro atoms. The van der Waals surface area contributed by atoms with Gasteiger partial charge >= 0.3 is 0 Å². The number of methoxy groups -OCH3 is 1. The summed E-state index contributed by atoms with van der Waals surface area (Å²) in [7, 11) is 3.78. The van der Waals surface area contributed by atoms with Crippen LogP contribution in [0.5, 0.6) is 11.5 Å². The smallest absolute Gasteiger partial charge is 0.228 e. The molecule has 4 heteroatoms. The van der Waals surface area contributed by atoms with Crippen molar-refractivity contribution in [1.29, 1.82) is 0 Å². The lowest BCUT2D eigenvalue weighted by Crippen LogP contribution is -2.61. The first-order valence-corrected chi connectivity index (χ1v) is 11.2. The Labute approximate surface area is 194 Å². The van der Waals surface area contributed by atoms with Crippen molar-refractivity contribution < 1.29 is 9.47 Å². The summed E-state index contributed by atoms with van der Waals surface area (Å²) in [6, 6.07) is 27.2. The van der Waals surface area contributed by atoms with Crippen LogP contribution in [0, 0.1) is 0 Å². The number of benzene rings is 4. The highest BCUT2D eigenvalue weighted by Crippen LogP contribution is 2.56. The molecule has 6 rings (SSSR count). The van der Waals surface area contributed by atoms with Crippen molar-refractivity contribution >= 4 is 28.4 Å². The summed E-state index contributed by atoms with van der Waals surface area (Å²) < 4.78 is 12.5. The topological polar surface area (TPSA) is 34.1 Å². The Morgan fingerprint density at radius 2 is 1.64 bits per heavy atom. The molecule has 0 radical (unpaired) electrons. The van der Waals surface area contributed by atoms with Crippen LogP contribution < -0.4 is 14.4 Å². The molecule has 0 N–H and O–H groups in total. The van der Waals surface area contributed by atoms with Gasteiger partial charge in [-0.2, -0.15) is 0 Å². The van der Waals surface area contributed by atoms with Gasteiger partial charge in [-0.3, -0.25) is 4.99 Å². The van der Waals surface area contributed by atoms with Crippen LogP contribution in [0.2, 0.25) is 0 Å². The lowest BCUT2D eigenvalue weighted by Gasteiger charge is -2.45. The van der Waals surface area contributed by atoms with Crippen molar-refractivity contribution in [2.75, 3.05) is 19.1 Å². The molecule has 4 aromatic carbocycles. The van der Waals surface area contributed by atoms with Crippen molar-refractivity contribution in [2.24, 2.45) is 4.99 Å². The molecule has 0 saturated heterocycles. The molecule has 0 aromatic heterocycles. The van der Waals surface area contributed by atoms with E-state index >= 15 is 0 Å². The third kappa shape index (κ3) is 2.61. The molecule has 2 heterocycles. The number of para-hydroxylation sites is 1. The normalized spacial score (nSPS) is 19.9. The van der Waals surface area contributed by atoms with E-state index in [1.54, 1.807) is 7.11 Å². The lowest BCUT2D eigenvalue weighted by molar-refractivity contribution is 0.0833. The zero-order valence-corrected chi connectivity index (χ0v) is 19.3. The van der Waals surface area contributed by atoms with Crippen LogP contribution in [0.4, 0.5) is 11.4 Å². The average Bonchev–Trinajstić information content (AvgIpc) is 3.02. The molecule has 4 nitrogen and oxygen atoms in total. The highest BCUT2D eigenvalue weighted by Gasteiger charge is 2.58. The third-order valence-electron chi connectivity index (χ3n) is 7.34. The number of likely N-dealkylation sites (N-methyl/N-ethyl adjacent to an activating group) is 1. The fourth-order valence-corrected chi connectivity index (χ4v) is 5.39. The van der Waals surface area contributed by atoms with E-state index in [1.807, 2.05) is 18.3 Å². The first-order valence-electron chi connectivity index (χ1n) is 11.2. The zero-order chi connectivity index (χ0) is 22.8. The molecular weight excluding hydrogens is 408 g/mol. The molecule has 4 aromatic rings. The average molecular weight is 435 g/mol. The number of anilines is 1. The van der Waals surface area contributed by atoms with Crippen LogP contribution in [-0.4, -0.2) is 26.1 Å². The fourth-order valence-electron chi connectivity index (χ4n) is 5.39. The molecule has 164 valence electrons. The summed E-state index contributed by atoms with van der Waals surface area (Å²) in [6.07, 6.45) is 2.00. The van der Waals surface area contributed by atoms with Gasteiger partial charge in [0.1, 0.15) is 11.4 Å². The van der Waals surface area contributed by atoms with Gasteiger partial charge < -0.3 is 14.4 Å². The van der Waals surface area contributed by atoms with Gasteiger partial charge in [0.2, 0.25) is 5.72 Å². The minimum Gasteiger partial charge on any atom is -0.497 e. The molecule has 0 amide bonds. The van der Waals surface area contributed by atoms with Gasteiger partial charge in [0.05, 0.1) is 18.7 Å². The van der Waals surface area contributed by atoms with Crippen molar-refractivity contribution in [1.82, 2.24) is 0 Å². The molecule has 1 unspecified atom stereocenters. The Morgan fingerprint density at radius 3 is 2.39 bits per heavy atom. The van der Waals surface area contributed by atoms with Crippen LogP contribution in [-0.2, 0) is 5.41 Å². The van der Waals surface area contributed by atoms with Crippen molar-refractivity contribution in [3.05, 3.63) is 84.4 Å². The van der Waals surface area contributed by atoms with E-state index < -0.39 is 5.72 Å². The second-order valence-electron chi connectivity index (χ2n) is 9.31. The van der Waals surface area contributed by atoms with Gasteiger partial charge in [0.15, 0.2) is 5.75 Å². The van der Waals surface area contributed by atoms with E-state index in [0.29, 0.717) is 0 Å². The summed E-state index contributed by atoms with van der Waals surface area (Å²) in [5.41, 5.74) is 4.38. The summed E-state index contributed by atoms with van der Waals surface area (Å²) >= 11 is 0. The highest BCUT2D eigenvalue weighted by molar-refractivity contribution is 6.04. The van der Waals surface area contributed by atoms with Gasteiger partial charge in [-0.25, -0.2) is 0 Å². The predicted molar refractivity (Wildman–Crippen MR) is 135 cm³/mol. The minimum absolute atomic E-state index is 0.303. The quantitative estimate of drug-likeness (QED) is 0.351. The maximum Gasteiger partial charge on any atom is 0.228 e. The standard InChI is InChI=1S/C29H26N2O2/c1-28(2)24-11-7-8-12-25(24)31(3)29(28)18-30-26-22-10-6-5-9-20(22)17-23(27(26)33-29)19-13-15-21(32-4)16-14-19/h5-18H,1-4H3. The van der Waals surface area contributed by atoms with Crippen LogP contribution in [0.1, 0.15) is 19.4 Å². The van der Waals surface area contributed by atoms with Gasteiger partial charge in [0, 0.05) is 23.7 Å². The minimum atomic E-state index is -0.729. The summed E-state index contributed by atoms with van der Waals surface area (Å²) in [5.74, 6) is 1.64. The van der Waals surface area contributed by atoms with E-state index in [9.17, 15) is 0 Å². The molecule has 0 bridgehead atoms. The second-order valence-corrected chi connectivity index (χ2v) is 9.31. The van der Waals surface area contributed by atoms with E-state index in [1.165, 1.54) is 11.3 Å². The van der Waals surface area contributed by atoms with E-state index in [2.05, 4.69) is 92.5 Å². The van der Waals surface area contributed by atoms with E-state index in [4.69, 9.17) is 14.5 Å². The van der Waals surface area contributed by atoms with E-state index in [-0.39, 0.29) is 5.41 Å². The number of nitrogens with zero attached hydrogens (tertiary/aromatic N) is 2. The Balaban J connectivity index is 1.60.